The number of hydrogen-bond acceptors (Lipinski definition) is 5. The average Bonchev–Trinajstić information content (AvgIpc) is 2.97. The van der Waals surface area contributed by atoms with E-state index in [1.807, 2.05) is 0 Å². The number of nitrogens with one attached hydrogen (secondary N) is 1. The van der Waals surface area contributed by atoms with Crippen LogP contribution in [0.15, 0.2) is 53.4 Å². The maximum atomic E-state index is 12.8. The Kier molecular flexibility index (Phi) is 5.72. The number of benzene rings is 2. The molecular formula is C19H19Cl2N3O4S. The van der Waals surface area contributed by atoms with E-state index < -0.39 is 16.1 Å². The molecule has 2 heterocycles. The van der Waals surface area contributed by atoms with E-state index in [-0.39, 0.29) is 23.4 Å². The summed E-state index contributed by atoms with van der Waals surface area (Å²) < 4.78 is 27.0. The molecular weight excluding hydrogens is 437 g/mol. The SMILES string of the molecule is O=C(NCc1ccc(Cl)cc1Cl)ON1CC2CN(S(=O)(=O)c3ccccc3)C2C1. The van der Waals surface area contributed by atoms with E-state index in [2.05, 4.69) is 5.32 Å². The lowest BCUT2D eigenvalue weighted by Crippen LogP contribution is -2.57. The molecule has 0 aliphatic carbocycles. The summed E-state index contributed by atoms with van der Waals surface area (Å²) in [6.07, 6.45) is -0.616. The molecule has 7 nitrogen and oxygen atoms in total. The molecule has 29 heavy (non-hydrogen) atoms. The fourth-order valence-electron chi connectivity index (χ4n) is 3.61. The van der Waals surface area contributed by atoms with Crippen molar-refractivity contribution in [3.8, 4) is 0 Å². The number of carbonyl (C=O) groups is 1. The van der Waals surface area contributed by atoms with Gasteiger partial charge in [0.05, 0.1) is 11.4 Å². The van der Waals surface area contributed by atoms with Crippen LogP contribution in [0.4, 0.5) is 4.79 Å². The molecule has 1 amide bonds. The van der Waals surface area contributed by atoms with Crippen LogP contribution in [-0.2, 0) is 21.4 Å². The molecule has 2 aromatic carbocycles. The van der Waals surface area contributed by atoms with Crippen LogP contribution in [0.3, 0.4) is 0 Å². The van der Waals surface area contributed by atoms with Gasteiger partial charge in [0.2, 0.25) is 10.0 Å². The standard InChI is InChI=1S/C19H19Cl2N3O4S/c20-15-7-6-13(17(21)8-15)9-22-19(25)28-23-10-14-11-24(18(14)12-23)29(26,27)16-4-2-1-3-5-16/h1-8,14,18H,9-12H2,(H,22,25). The molecule has 0 radical (unpaired) electrons. The van der Waals surface area contributed by atoms with Crippen molar-refractivity contribution >= 4 is 39.3 Å². The molecule has 0 saturated carbocycles. The van der Waals surface area contributed by atoms with Gasteiger partial charge in [-0.15, -0.1) is 5.06 Å². The summed E-state index contributed by atoms with van der Waals surface area (Å²) >= 11 is 11.9. The summed E-state index contributed by atoms with van der Waals surface area (Å²) in [4.78, 5) is 17.7. The highest BCUT2D eigenvalue weighted by molar-refractivity contribution is 7.89. The Morgan fingerprint density at radius 1 is 1.10 bits per heavy atom. The van der Waals surface area contributed by atoms with Gasteiger partial charge in [-0.1, -0.05) is 47.5 Å². The fourth-order valence-corrected chi connectivity index (χ4v) is 5.84. The van der Waals surface area contributed by atoms with Gasteiger partial charge in [-0.2, -0.15) is 4.31 Å². The van der Waals surface area contributed by atoms with Crippen LogP contribution in [0.25, 0.3) is 0 Å². The normalized spacial score (nSPS) is 22.0. The highest BCUT2D eigenvalue weighted by Gasteiger charge is 2.52. The van der Waals surface area contributed by atoms with E-state index >= 15 is 0 Å². The highest BCUT2D eigenvalue weighted by atomic mass is 35.5. The van der Waals surface area contributed by atoms with Crippen LogP contribution < -0.4 is 5.32 Å². The Hall–Kier alpha value is -1.84. The van der Waals surface area contributed by atoms with Gasteiger partial charge >= 0.3 is 6.09 Å². The van der Waals surface area contributed by atoms with Crippen molar-refractivity contribution in [1.29, 1.82) is 0 Å². The first kappa shape index (κ1) is 20.4. The number of nitrogens with zero attached hydrogens (tertiary/aromatic N) is 2. The summed E-state index contributed by atoms with van der Waals surface area (Å²) in [6.45, 7) is 1.46. The van der Waals surface area contributed by atoms with E-state index in [0.29, 0.717) is 29.7 Å². The first-order valence-electron chi connectivity index (χ1n) is 9.06. The Labute approximate surface area is 179 Å². The number of fused-ring (bicyclic) bond motifs is 1. The van der Waals surface area contributed by atoms with Gasteiger partial charge in [0.25, 0.3) is 0 Å². The zero-order valence-electron chi connectivity index (χ0n) is 15.3. The zero-order valence-corrected chi connectivity index (χ0v) is 17.6. The second kappa shape index (κ2) is 8.12. The van der Waals surface area contributed by atoms with Crippen molar-refractivity contribution < 1.29 is 18.0 Å². The fraction of sp³-hybridized carbons (Fsp3) is 0.316. The highest BCUT2D eigenvalue weighted by Crippen LogP contribution is 2.36. The lowest BCUT2D eigenvalue weighted by molar-refractivity contribution is -0.0826. The number of hydroxylamine groups is 2. The van der Waals surface area contributed by atoms with Crippen molar-refractivity contribution in [2.24, 2.45) is 5.92 Å². The predicted octanol–water partition coefficient (Wildman–Crippen LogP) is 3.14. The van der Waals surface area contributed by atoms with E-state index in [9.17, 15) is 13.2 Å². The van der Waals surface area contributed by atoms with E-state index in [4.69, 9.17) is 28.0 Å². The molecule has 2 aromatic rings. The first-order valence-corrected chi connectivity index (χ1v) is 11.3. The van der Waals surface area contributed by atoms with Crippen molar-refractivity contribution in [3.05, 3.63) is 64.1 Å². The van der Waals surface area contributed by atoms with Crippen LogP contribution in [0, 0.1) is 5.92 Å². The van der Waals surface area contributed by atoms with Gasteiger partial charge in [0, 0.05) is 41.6 Å². The van der Waals surface area contributed by atoms with Gasteiger partial charge in [0.1, 0.15) is 0 Å². The summed E-state index contributed by atoms with van der Waals surface area (Å²) in [5.41, 5.74) is 0.717. The Balaban J connectivity index is 1.31. The Morgan fingerprint density at radius 3 is 2.59 bits per heavy atom. The molecule has 0 spiro atoms. The van der Waals surface area contributed by atoms with Crippen LogP contribution >= 0.6 is 23.2 Å². The van der Waals surface area contributed by atoms with Gasteiger partial charge in [-0.25, -0.2) is 13.2 Å². The van der Waals surface area contributed by atoms with Crippen molar-refractivity contribution in [2.75, 3.05) is 19.6 Å². The molecule has 4 rings (SSSR count). The quantitative estimate of drug-likeness (QED) is 0.748. The van der Waals surface area contributed by atoms with Crippen molar-refractivity contribution in [1.82, 2.24) is 14.7 Å². The minimum Gasteiger partial charge on any atom is -0.351 e. The van der Waals surface area contributed by atoms with E-state index in [1.165, 1.54) is 9.37 Å². The third-order valence-corrected chi connectivity index (χ3v) is 7.65. The minimum atomic E-state index is -3.54. The third-order valence-electron chi connectivity index (χ3n) is 5.16. The second-order valence-electron chi connectivity index (χ2n) is 7.03. The third kappa shape index (κ3) is 4.22. The van der Waals surface area contributed by atoms with Gasteiger partial charge in [-0.05, 0) is 29.8 Å². The molecule has 1 N–H and O–H groups in total. The van der Waals surface area contributed by atoms with Crippen molar-refractivity contribution in [3.63, 3.8) is 0 Å². The summed E-state index contributed by atoms with van der Waals surface area (Å²) in [5, 5.41) is 5.12. The largest absolute Gasteiger partial charge is 0.426 e. The topological polar surface area (TPSA) is 79.0 Å². The molecule has 2 unspecified atom stereocenters. The number of carbonyl (C=O) groups excluding carboxylic acids is 1. The lowest BCUT2D eigenvalue weighted by Gasteiger charge is -2.41. The Bertz CT molecular complexity index is 1020. The van der Waals surface area contributed by atoms with Crippen molar-refractivity contribution in [2.45, 2.75) is 17.5 Å². The van der Waals surface area contributed by atoms with Crippen LogP contribution in [-0.4, -0.2) is 49.6 Å². The van der Waals surface area contributed by atoms with E-state index in [0.717, 1.165) is 5.56 Å². The van der Waals surface area contributed by atoms with Crippen LogP contribution in [0.5, 0.6) is 0 Å². The predicted molar refractivity (Wildman–Crippen MR) is 109 cm³/mol. The average molecular weight is 456 g/mol. The maximum Gasteiger partial charge on any atom is 0.426 e. The van der Waals surface area contributed by atoms with E-state index in [1.54, 1.807) is 48.5 Å². The number of amides is 1. The number of rotatable bonds is 5. The minimum absolute atomic E-state index is 0.145. The molecule has 2 fully saturated rings. The molecule has 10 heteroatoms. The van der Waals surface area contributed by atoms with Crippen LogP contribution in [0.2, 0.25) is 10.0 Å². The molecule has 2 saturated heterocycles. The zero-order chi connectivity index (χ0) is 20.6. The van der Waals surface area contributed by atoms with Gasteiger partial charge in [-0.3, -0.25) is 0 Å². The monoisotopic (exact) mass is 455 g/mol. The first-order chi connectivity index (χ1) is 13.8. The second-order valence-corrected chi connectivity index (χ2v) is 9.76. The molecule has 154 valence electrons. The Morgan fingerprint density at radius 2 is 1.86 bits per heavy atom. The molecule has 2 aliphatic heterocycles. The van der Waals surface area contributed by atoms with Gasteiger partial charge in [0.15, 0.2) is 0 Å². The summed E-state index contributed by atoms with van der Waals surface area (Å²) in [7, 11) is -3.54. The number of hydrogen-bond donors (Lipinski definition) is 1. The molecule has 2 aliphatic rings. The molecule has 2 atom stereocenters. The maximum absolute atomic E-state index is 12.8. The lowest BCUT2D eigenvalue weighted by atomic mass is 9.96. The molecule has 0 bridgehead atoms. The van der Waals surface area contributed by atoms with Crippen LogP contribution in [0.1, 0.15) is 5.56 Å². The number of halogens is 2. The summed E-state index contributed by atoms with van der Waals surface area (Å²) in [5.74, 6) is 0.145. The summed E-state index contributed by atoms with van der Waals surface area (Å²) in [6, 6.07) is 13.2. The smallest absolute Gasteiger partial charge is 0.351 e. The van der Waals surface area contributed by atoms with Gasteiger partial charge < -0.3 is 10.2 Å². The molecule has 0 aromatic heterocycles. The number of sulfonamides is 1.